The fourth-order valence-corrected chi connectivity index (χ4v) is 2.37. The first kappa shape index (κ1) is 16.4. The van der Waals surface area contributed by atoms with Gasteiger partial charge in [0, 0.05) is 18.8 Å². The van der Waals surface area contributed by atoms with Gasteiger partial charge in [-0.3, -0.25) is 4.68 Å². The normalized spacial score (nSPS) is 12.0. The third-order valence-electron chi connectivity index (χ3n) is 3.04. The molecule has 0 aliphatic heterocycles. The van der Waals surface area contributed by atoms with Crippen LogP contribution in [0.15, 0.2) is 29.0 Å². The molecular formula is C14H18BrN4O3+. The summed E-state index contributed by atoms with van der Waals surface area (Å²) in [6.07, 6.45) is 3.94. The van der Waals surface area contributed by atoms with Crippen LogP contribution in [-0.4, -0.2) is 26.8 Å². The molecule has 2 aromatic rings. The van der Waals surface area contributed by atoms with Gasteiger partial charge in [0.25, 0.3) is 0 Å². The standard InChI is InChI=1S/C14H18BrN4O3/c1-4-7-18-12(5-6-17-18)10(2)22-13-8-11(15)9-16-14(13)19(20)21-3/h5-6,8-10H,4,7H2,1-3H3/q+1. The maximum absolute atomic E-state index is 11.7. The third kappa shape index (κ3) is 3.62. The van der Waals surface area contributed by atoms with Gasteiger partial charge in [-0.2, -0.15) is 5.10 Å². The van der Waals surface area contributed by atoms with E-state index in [1.54, 1.807) is 12.3 Å². The molecule has 7 nitrogen and oxygen atoms in total. The largest absolute Gasteiger partial charge is 0.476 e. The molecule has 0 amide bonds. The summed E-state index contributed by atoms with van der Waals surface area (Å²) in [5.41, 5.74) is 0.933. The second-order valence-corrected chi connectivity index (χ2v) is 5.57. The van der Waals surface area contributed by atoms with Crippen LogP contribution in [0, 0.1) is 4.91 Å². The first-order valence-corrected chi connectivity index (χ1v) is 7.71. The number of hydrogen-bond donors (Lipinski definition) is 0. The van der Waals surface area contributed by atoms with Gasteiger partial charge in [-0.05, 0) is 45.2 Å². The lowest BCUT2D eigenvalue weighted by molar-refractivity contribution is -0.739. The molecule has 0 fully saturated rings. The average Bonchev–Trinajstić information content (AvgIpc) is 2.95. The maximum Gasteiger partial charge on any atom is 0.450 e. The Labute approximate surface area is 136 Å². The Kier molecular flexibility index (Phi) is 5.48. The van der Waals surface area contributed by atoms with E-state index >= 15 is 0 Å². The van der Waals surface area contributed by atoms with Crippen molar-refractivity contribution in [1.29, 1.82) is 0 Å². The van der Waals surface area contributed by atoms with Gasteiger partial charge >= 0.3 is 5.82 Å². The minimum absolute atomic E-state index is 0.0686. The highest BCUT2D eigenvalue weighted by Gasteiger charge is 2.26. The van der Waals surface area contributed by atoms with E-state index in [2.05, 4.69) is 37.8 Å². The van der Waals surface area contributed by atoms with Gasteiger partial charge in [0.05, 0.1) is 10.2 Å². The molecule has 22 heavy (non-hydrogen) atoms. The summed E-state index contributed by atoms with van der Waals surface area (Å²) in [4.78, 5) is 20.7. The number of rotatable bonds is 7. The van der Waals surface area contributed by atoms with Crippen molar-refractivity contribution in [3.8, 4) is 5.75 Å². The molecule has 1 atom stereocenters. The summed E-state index contributed by atoms with van der Waals surface area (Å²) < 4.78 is 8.51. The van der Waals surface area contributed by atoms with Crippen molar-refractivity contribution in [3.63, 3.8) is 0 Å². The van der Waals surface area contributed by atoms with Crippen LogP contribution in [0.4, 0.5) is 5.82 Å². The molecule has 0 aromatic carbocycles. The Morgan fingerprint density at radius 1 is 1.50 bits per heavy atom. The van der Waals surface area contributed by atoms with Crippen molar-refractivity contribution < 1.29 is 14.5 Å². The highest BCUT2D eigenvalue weighted by Crippen LogP contribution is 2.31. The fraction of sp³-hybridized carbons (Fsp3) is 0.429. The van der Waals surface area contributed by atoms with E-state index < -0.39 is 0 Å². The molecule has 1 unspecified atom stereocenters. The van der Waals surface area contributed by atoms with E-state index in [9.17, 15) is 4.91 Å². The van der Waals surface area contributed by atoms with Gasteiger partial charge < -0.3 is 9.57 Å². The highest BCUT2D eigenvalue weighted by atomic mass is 79.9. The molecule has 0 spiro atoms. The first-order chi connectivity index (χ1) is 10.6. The Hall–Kier alpha value is -1.96. The van der Waals surface area contributed by atoms with Crippen molar-refractivity contribution >= 4 is 21.7 Å². The summed E-state index contributed by atoms with van der Waals surface area (Å²) in [7, 11) is 1.28. The van der Waals surface area contributed by atoms with Crippen LogP contribution in [-0.2, 0) is 11.4 Å². The van der Waals surface area contributed by atoms with Gasteiger partial charge in [-0.1, -0.05) is 6.92 Å². The second kappa shape index (κ2) is 7.35. The molecule has 118 valence electrons. The zero-order chi connectivity index (χ0) is 16.1. The number of pyridine rings is 1. The Morgan fingerprint density at radius 3 is 2.95 bits per heavy atom. The van der Waals surface area contributed by atoms with Crippen LogP contribution >= 0.6 is 15.9 Å². The van der Waals surface area contributed by atoms with Gasteiger partial charge in [0.2, 0.25) is 5.75 Å². The predicted octanol–water partition coefficient (Wildman–Crippen LogP) is 3.56. The van der Waals surface area contributed by atoms with Gasteiger partial charge in [0.1, 0.15) is 13.2 Å². The van der Waals surface area contributed by atoms with E-state index in [-0.39, 0.29) is 11.9 Å². The topological polar surface area (TPSA) is 69.2 Å². The number of halogens is 1. The molecule has 0 bridgehead atoms. The quantitative estimate of drug-likeness (QED) is 0.697. The lowest BCUT2D eigenvalue weighted by Crippen LogP contribution is -2.13. The van der Waals surface area contributed by atoms with Crippen LogP contribution in [0.25, 0.3) is 0 Å². The number of aromatic nitrogens is 3. The molecular weight excluding hydrogens is 352 g/mol. The lowest BCUT2D eigenvalue weighted by Gasteiger charge is -2.15. The summed E-state index contributed by atoms with van der Waals surface area (Å²) in [6.45, 7) is 4.79. The average molecular weight is 370 g/mol. The van der Waals surface area contributed by atoms with Gasteiger partial charge in [-0.25, -0.2) is 0 Å². The summed E-state index contributed by atoms with van der Waals surface area (Å²) in [6, 6.07) is 3.58. The molecule has 0 aliphatic carbocycles. The van der Waals surface area contributed by atoms with Crippen LogP contribution in [0.3, 0.4) is 0 Å². The minimum atomic E-state index is -0.283. The molecule has 0 aliphatic rings. The van der Waals surface area contributed by atoms with Crippen molar-refractivity contribution in [1.82, 2.24) is 14.8 Å². The monoisotopic (exact) mass is 369 g/mol. The van der Waals surface area contributed by atoms with Crippen LogP contribution in [0.1, 0.15) is 32.1 Å². The maximum atomic E-state index is 11.7. The van der Waals surface area contributed by atoms with E-state index in [0.29, 0.717) is 15.1 Å². The third-order valence-corrected chi connectivity index (χ3v) is 3.48. The SMILES string of the molecule is CCCn1nccc1C(C)Oc1cc(Br)cnc1[N+](=O)OC. The molecule has 8 heteroatoms. The van der Waals surface area contributed by atoms with Crippen LogP contribution in [0.2, 0.25) is 0 Å². The van der Waals surface area contributed by atoms with Crippen molar-refractivity contribution in [2.75, 3.05) is 7.11 Å². The van der Waals surface area contributed by atoms with E-state index in [1.165, 1.54) is 13.3 Å². The number of nitrogens with zero attached hydrogens (tertiary/aromatic N) is 4. The van der Waals surface area contributed by atoms with Gasteiger partial charge in [-0.15, -0.1) is 0 Å². The van der Waals surface area contributed by atoms with E-state index in [4.69, 9.17) is 4.74 Å². The second-order valence-electron chi connectivity index (χ2n) is 4.65. The molecule has 0 N–H and O–H groups in total. The zero-order valence-corrected chi connectivity index (χ0v) is 14.3. The van der Waals surface area contributed by atoms with Crippen LogP contribution in [0.5, 0.6) is 5.75 Å². The van der Waals surface area contributed by atoms with Crippen molar-refractivity contribution in [2.24, 2.45) is 0 Å². The first-order valence-electron chi connectivity index (χ1n) is 6.92. The Bertz CT molecular complexity index is 659. The van der Waals surface area contributed by atoms with Crippen LogP contribution < -0.4 is 4.74 Å². The molecule has 0 saturated heterocycles. The summed E-state index contributed by atoms with van der Waals surface area (Å²) in [5, 5.41) is 4.27. The Morgan fingerprint density at radius 2 is 2.27 bits per heavy atom. The molecule has 2 aromatic heterocycles. The zero-order valence-electron chi connectivity index (χ0n) is 12.7. The molecule has 0 saturated carbocycles. The molecule has 2 heterocycles. The van der Waals surface area contributed by atoms with E-state index in [0.717, 1.165) is 18.7 Å². The summed E-state index contributed by atoms with van der Waals surface area (Å²) in [5.74, 6) is 0.405. The van der Waals surface area contributed by atoms with Crippen molar-refractivity contribution in [2.45, 2.75) is 32.9 Å². The van der Waals surface area contributed by atoms with E-state index in [1.807, 2.05) is 17.7 Å². The number of ether oxygens (including phenoxy) is 1. The number of hydrogen-bond acceptors (Lipinski definition) is 5. The smallest absolute Gasteiger partial charge is 0.450 e. The highest BCUT2D eigenvalue weighted by molar-refractivity contribution is 9.10. The molecule has 2 rings (SSSR count). The number of aryl methyl sites for hydroxylation is 1. The summed E-state index contributed by atoms with van der Waals surface area (Å²) >= 11 is 3.32. The predicted molar refractivity (Wildman–Crippen MR) is 83.8 cm³/mol. The Balaban J connectivity index is 2.27. The van der Waals surface area contributed by atoms with Gasteiger partial charge in [0.15, 0.2) is 11.1 Å². The fourth-order valence-electron chi connectivity index (χ4n) is 2.06. The molecule has 0 radical (unpaired) electrons. The van der Waals surface area contributed by atoms with Crippen molar-refractivity contribution in [3.05, 3.63) is 39.6 Å². The lowest BCUT2D eigenvalue weighted by atomic mass is 10.2. The minimum Gasteiger partial charge on any atom is -0.476 e.